The van der Waals surface area contributed by atoms with Crippen molar-refractivity contribution in [3.05, 3.63) is 109 Å². The summed E-state index contributed by atoms with van der Waals surface area (Å²) < 4.78 is 16.9. The van der Waals surface area contributed by atoms with Gasteiger partial charge in [-0.15, -0.1) is 0 Å². The van der Waals surface area contributed by atoms with E-state index < -0.39 is 6.10 Å². The molecule has 0 saturated heterocycles. The molecule has 476 valence electrons. The summed E-state index contributed by atoms with van der Waals surface area (Å²) in [7, 11) is 0. The molecule has 0 heterocycles. The third-order valence-electron chi connectivity index (χ3n) is 15.2. The summed E-state index contributed by atoms with van der Waals surface area (Å²) in [5.41, 5.74) is 0. The van der Waals surface area contributed by atoms with Gasteiger partial charge in [-0.05, 0) is 122 Å². The minimum Gasteiger partial charge on any atom is -0.462 e. The lowest BCUT2D eigenvalue weighted by Gasteiger charge is -2.18. The van der Waals surface area contributed by atoms with E-state index in [1.54, 1.807) is 0 Å². The van der Waals surface area contributed by atoms with Gasteiger partial charge in [0.1, 0.15) is 13.2 Å². The van der Waals surface area contributed by atoms with Crippen LogP contribution in [0.1, 0.15) is 342 Å². The molecular weight excluding hydrogens is 1020 g/mol. The molecule has 0 amide bonds. The zero-order valence-corrected chi connectivity index (χ0v) is 54.7. The van der Waals surface area contributed by atoms with Crippen LogP contribution in [0.4, 0.5) is 0 Å². The van der Waals surface area contributed by atoms with Crippen LogP contribution in [0.2, 0.25) is 0 Å². The Balaban J connectivity index is 4.40. The van der Waals surface area contributed by atoms with Gasteiger partial charge in [0.25, 0.3) is 0 Å². The Hall–Kier alpha value is -3.93. The van der Waals surface area contributed by atoms with Crippen LogP contribution in [0, 0.1) is 0 Å². The third kappa shape index (κ3) is 68.7. The van der Waals surface area contributed by atoms with Crippen molar-refractivity contribution in [1.29, 1.82) is 0 Å². The highest BCUT2D eigenvalue weighted by Gasteiger charge is 2.19. The lowest BCUT2D eigenvalue weighted by atomic mass is 10.0. The standard InChI is InChI=1S/C77H132O6/c1-4-7-10-13-16-19-22-25-28-31-33-35-37-38-40-41-43-46-49-52-55-58-61-64-67-70-76(79)82-73-74(72-81-75(78)69-66-63-60-57-54-51-48-45-30-27-24-21-18-15-12-9-6-3)83-77(80)71-68-65-62-59-56-53-50-47-44-42-39-36-34-32-29-26-23-20-17-14-11-8-5-2/h9,12,18,21-23,25-27,30-34,48,51,57,60,74H,4-8,10-11,13-17,19-20,24,28-29,35-47,49-50,52-56,58-59,61-73H2,1-3H3/b12-9-,21-18-,25-22-,26-23-,30-27-,33-31-,34-32-,51-48-,60-57-. The van der Waals surface area contributed by atoms with Gasteiger partial charge < -0.3 is 14.2 Å². The molecule has 0 radical (unpaired) electrons. The van der Waals surface area contributed by atoms with Crippen molar-refractivity contribution < 1.29 is 28.6 Å². The Kier molecular flexibility index (Phi) is 67.2. The molecule has 0 bridgehead atoms. The van der Waals surface area contributed by atoms with Crippen LogP contribution in [0.5, 0.6) is 0 Å². The van der Waals surface area contributed by atoms with Gasteiger partial charge >= 0.3 is 17.9 Å². The van der Waals surface area contributed by atoms with Crippen molar-refractivity contribution in [2.24, 2.45) is 0 Å². The van der Waals surface area contributed by atoms with Gasteiger partial charge in [0.15, 0.2) is 6.10 Å². The average molecular weight is 1150 g/mol. The fraction of sp³-hybridized carbons (Fsp3) is 0.727. The number of hydrogen-bond donors (Lipinski definition) is 0. The van der Waals surface area contributed by atoms with Gasteiger partial charge in [-0.3, -0.25) is 14.4 Å². The van der Waals surface area contributed by atoms with Crippen molar-refractivity contribution in [2.75, 3.05) is 13.2 Å². The first-order valence-corrected chi connectivity index (χ1v) is 35.4. The number of hydrogen-bond acceptors (Lipinski definition) is 6. The van der Waals surface area contributed by atoms with Crippen LogP contribution >= 0.6 is 0 Å². The van der Waals surface area contributed by atoms with E-state index in [2.05, 4.69) is 130 Å². The highest BCUT2D eigenvalue weighted by molar-refractivity contribution is 5.71. The van der Waals surface area contributed by atoms with Crippen LogP contribution in [-0.4, -0.2) is 37.2 Å². The highest BCUT2D eigenvalue weighted by Crippen LogP contribution is 2.17. The third-order valence-corrected chi connectivity index (χ3v) is 15.2. The van der Waals surface area contributed by atoms with Gasteiger partial charge in [0.2, 0.25) is 0 Å². The number of rotatable bonds is 64. The second-order valence-electron chi connectivity index (χ2n) is 23.4. The van der Waals surface area contributed by atoms with Crippen LogP contribution in [0.15, 0.2) is 109 Å². The molecule has 0 rings (SSSR count). The van der Waals surface area contributed by atoms with Gasteiger partial charge in [0.05, 0.1) is 0 Å². The maximum Gasteiger partial charge on any atom is 0.306 e. The van der Waals surface area contributed by atoms with Gasteiger partial charge in [-0.2, -0.15) is 0 Å². The van der Waals surface area contributed by atoms with Crippen molar-refractivity contribution in [2.45, 2.75) is 348 Å². The highest BCUT2D eigenvalue weighted by atomic mass is 16.6. The summed E-state index contributed by atoms with van der Waals surface area (Å²) in [5, 5.41) is 0. The number of allylic oxidation sites excluding steroid dienone is 18. The van der Waals surface area contributed by atoms with Crippen molar-refractivity contribution in [1.82, 2.24) is 0 Å². The Bertz CT molecular complexity index is 1660. The number of ether oxygens (including phenoxy) is 3. The second-order valence-corrected chi connectivity index (χ2v) is 23.4. The molecular formula is C77H132O6. The summed E-state index contributed by atoms with van der Waals surface area (Å²) >= 11 is 0. The molecule has 0 N–H and O–H groups in total. The van der Waals surface area contributed by atoms with E-state index in [4.69, 9.17) is 14.2 Å². The first kappa shape index (κ1) is 79.1. The van der Waals surface area contributed by atoms with E-state index in [1.165, 1.54) is 205 Å². The van der Waals surface area contributed by atoms with Crippen LogP contribution in [0.25, 0.3) is 0 Å². The fourth-order valence-corrected chi connectivity index (χ4v) is 9.95. The predicted molar refractivity (Wildman–Crippen MR) is 362 cm³/mol. The number of esters is 3. The summed E-state index contributed by atoms with van der Waals surface area (Å²) in [6, 6.07) is 0. The van der Waals surface area contributed by atoms with Gasteiger partial charge in [0, 0.05) is 19.3 Å². The number of carbonyl (C=O) groups excluding carboxylic acids is 3. The van der Waals surface area contributed by atoms with E-state index >= 15 is 0 Å². The van der Waals surface area contributed by atoms with Crippen molar-refractivity contribution in [3.63, 3.8) is 0 Å². The summed E-state index contributed by atoms with van der Waals surface area (Å²) in [4.78, 5) is 38.5. The molecule has 6 heteroatoms. The average Bonchev–Trinajstić information content (AvgIpc) is 3.49. The molecule has 1 atom stereocenters. The number of carbonyl (C=O) groups is 3. The Labute approximate surface area is 514 Å². The summed E-state index contributed by atoms with van der Waals surface area (Å²) in [6.07, 6.45) is 96.9. The van der Waals surface area contributed by atoms with Crippen LogP contribution < -0.4 is 0 Å². The molecule has 0 aromatic rings. The quantitative estimate of drug-likeness (QED) is 0.0261. The Morgan fingerprint density at radius 2 is 0.482 bits per heavy atom. The normalized spacial score (nSPS) is 12.8. The molecule has 1 unspecified atom stereocenters. The zero-order valence-electron chi connectivity index (χ0n) is 54.7. The van der Waals surface area contributed by atoms with E-state index in [0.29, 0.717) is 19.3 Å². The molecule has 0 aromatic carbocycles. The number of unbranched alkanes of at least 4 members (excludes halogenated alkanes) is 35. The van der Waals surface area contributed by atoms with Crippen molar-refractivity contribution in [3.8, 4) is 0 Å². The Morgan fingerprint density at radius 1 is 0.253 bits per heavy atom. The maximum atomic E-state index is 13.0. The monoisotopic (exact) mass is 1150 g/mol. The maximum absolute atomic E-state index is 13.0. The fourth-order valence-electron chi connectivity index (χ4n) is 9.95. The molecule has 83 heavy (non-hydrogen) atoms. The lowest BCUT2D eigenvalue weighted by molar-refractivity contribution is -0.167. The molecule has 0 aliphatic rings. The minimum atomic E-state index is -0.806. The smallest absolute Gasteiger partial charge is 0.306 e. The Morgan fingerprint density at radius 3 is 0.783 bits per heavy atom. The van der Waals surface area contributed by atoms with E-state index in [9.17, 15) is 14.4 Å². The van der Waals surface area contributed by atoms with Crippen LogP contribution in [-0.2, 0) is 28.6 Å². The largest absolute Gasteiger partial charge is 0.462 e. The second kappa shape index (κ2) is 70.6. The van der Waals surface area contributed by atoms with E-state index in [0.717, 1.165) is 89.9 Å². The van der Waals surface area contributed by atoms with Crippen LogP contribution in [0.3, 0.4) is 0 Å². The molecule has 0 saturated carbocycles. The van der Waals surface area contributed by atoms with E-state index in [-0.39, 0.29) is 37.5 Å². The molecule has 0 fully saturated rings. The zero-order chi connectivity index (χ0) is 59.9. The van der Waals surface area contributed by atoms with Gasteiger partial charge in [-0.1, -0.05) is 310 Å². The predicted octanol–water partition coefficient (Wildman–Crippen LogP) is 24.6. The lowest BCUT2D eigenvalue weighted by Crippen LogP contribution is -2.30. The summed E-state index contributed by atoms with van der Waals surface area (Å²) in [6.45, 7) is 6.49. The SMILES string of the molecule is CC/C=C\C/C=C\C/C=C\C/C=C\C/C=C\CCCC(=O)OCC(COC(=O)CCCCCCCCCCCCCCC/C=C\C/C=C\CCCCCCC)OC(=O)CCCCCCCCCCCCC/C=C\C/C=C\CCCCCCC. The minimum absolute atomic E-state index is 0.0963. The van der Waals surface area contributed by atoms with E-state index in [1.807, 2.05) is 0 Å². The molecule has 0 aromatic heterocycles. The molecule has 0 aliphatic carbocycles. The topological polar surface area (TPSA) is 78.9 Å². The molecule has 6 nitrogen and oxygen atoms in total. The summed E-state index contributed by atoms with van der Waals surface area (Å²) in [5.74, 6) is -0.947. The molecule has 0 spiro atoms. The first-order chi connectivity index (χ1) is 41.0. The van der Waals surface area contributed by atoms with Crippen molar-refractivity contribution >= 4 is 17.9 Å². The first-order valence-electron chi connectivity index (χ1n) is 35.4. The molecule has 0 aliphatic heterocycles. The van der Waals surface area contributed by atoms with Gasteiger partial charge in [-0.25, -0.2) is 0 Å².